The Morgan fingerprint density at radius 2 is 1.86 bits per heavy atom. The van der Waals surface area contributed by atoms with Gasteiger partial charge in [0.1, 0.15) is 25.4 Å². The maximum Gasteiger partial charge on any atom is 0.364 e. The van der Waals surface area contributed by atoms with Gasteiger partial charge in [0.25, 0.3) is 5.79 Å². The van der Waals surface area contributed by atoms with Gasteiger partial charge in [0.05, 0.1) is 31.5 Å². The van der Waals surface area contributed by atoms with E-state index in [0.29, 0.717) is 45.3 Å². The Morgan fingerprint density at radius 3 is 2.49 bits per heavy atom. The van der Waals surface area contributed by atoms with Crippen LogP contribution in [0.2, 0.25) is 0 Å². The lowest BCUT2D eigenvalue weighted by atomic mass is 9.88. The summed E-state index contributed by atoms with van der Waals surface area (Å²) in [5.74, 6) is -2.63. The number of nitrogens with one attached hydrogen (secondary N) is 2. The lowest BCUT2D eigenvalue weighted by molar-refractivity contribution is -0.310. The second kappa shape index (κ2) is 17.2. The van der Waals surface area contributed by atoms with Crippen molar-refractivity contribution >= 4 is 17.8 Å². The number of aliphatic carboxylic acids is 1. The van der Waals surface area contributed by atoms with Crippen molar-refractivity contribution in [2.24, 2.45) is 5.73 Å². The SMILES string of the molecule is C#CCOCCNC(=O)CCCCCCO[C@]1(C(=O)O)C[C@H](O)[C@@H](NC(=O)CO)[C@H]([C@H](O)[C@H](O)CN)O1. The first-order chi connectivity index (χ1) is 17.6. The summed E-state index contributed by atoms with van der Waals surface area (Å²) >= 11 is 0. The zero-order valence-corrected chi connectivity index (χ0v) is 20.7. The molecule has 1 rings (SSSR count). The summed E-state index contributed by atoms with van der Waals surface area (Å²) in [5, 5.41) is 54.8. The summed E-state index contributed by atoms with van der Waals surface area (Å²) in [6, 6.07) is -1.35. The molecule has 0 aliphatic carbocycles. The molecule has 0 aromatic rings. The van der Waals surface area contributed by atoms with Crippen LogP contribution >= 0.6 is 0 Å². The molecule has 9 N–H and O–H groups in total. The van der Waals surface area contributed by atoms with Gasteiger partial charge in [-0.2, -0.15) is 0 Å². The molecule has 37 heavy (non-hydrogen) atoms. The topological polar surface area (TPSA) is 230 Å². The minimum absolute atomic E-state index is 0.0757. The zero-order valence-electron chi connectivity index (χ0n) is 20.7. The molecule has 212 valence electrons. The van der Waals surface area contributed by atoms with E-state index in [2.05, 4.69) is 16.6 Å². The highest BCUT2D eigenvalue weighted by atomic mass is 16.7. The van der Waals surface area contributed by atoms with Crippen molar-refractivity contribution in [1.29, 1.82) is 0 Å². The summed E-state index contributed by atoms with van der Waals surface area (Å²) in [5.41, 5.74) is 5.37. The van der Waals surface area contributed by atoms with Crippen molar-refractivity contribution in [3.05, 3.63) is 0 Å². The molecule has 0 saturated carbocycles. The van der Waals surface area contributed by atoms with E-state index in [-0.39, 0.29) is 19.1 Å². The summed E-state index contributed by atoms with van der Waals surface area (Å²) < 4.78 is 16.1. The molecule has 0 spiro atoms. The molecule has 1 heterocycles. The highest BCUT2D eigenvalue weighted by Gasteiger charge is 2.55. The minimum Gasteiger partial charge on any atom is -0.477 e. The number of carbonyl (C=O) groups is 3. The average molecular weight is 534 g/mol. The minimum atomic E-state index is -2.36. The van der Waals surface area contributed by atoms with Crippen LogP contribution in [0.5, 0.6) is 0 Å². The number of hydrogen-bond donors (Lipinski definition) is 8. The monoisotopic (exact) mass is 533 g/mol. The van der Waals surface area contributed by atoms with Gasteiger partial charge >= 0.3 is 5.97 Å². The first-order valence-electron chi connectivity index (χ1n) is 12.1. The summed E-state index contributed by atoms with van der Waals surface area (Å²) in [4.78, 5) is 35.5. The Labute approximate surface area is 215 Å². The van der Waals surface area contributed by atoms with Crippen molar-refractivity contribution in [3.63, 3.8) is 0 Å². The number of aliphatic hydroxyl groups excluding tert-OH is 4. The molecule has 14 nitrogen and oxygen atoms in total. The standard InChI is InChI=1S/C23H39N3O11/c1-2-9-35-11-8-25-17(30)7-5-3-4-6-10-36-23(22(33)34)12-15(28)19(26-18(31)14-27)21(37-23)20(32)16(29)13-24/h1,15-16,19-21,27-29,32H,3-14,24H2,(H,25,30)(H,26,31)(H,33,34)/t15-,16+,19+,20+,21+,23+/m0/s1. The predicted molar refractivity (Wildman–Crippen MR) is 128 cm³/mol. The van der Waals surface area contributed by atoms with Gasteiger partial charge in [0.2, 0.25) is 11.8 Å². The van der Waals surface area contributed by atoms with Crippen LogP contribution in [0.25, 0.3) is 0 Å². The van der Waals surface area contributed by atoms with Crippen molar-refractivity contribution in [1.82, 2.24) is 10.6 Å². The number of terminal acetylenes is 1. The highest BCUT2D eigenvalue weighted by molar-refractivity contribution is 5.78. The largest absolute Gasteiger partial charge is 0.477 e. The molecule has 0 radical (unpaired) electrons. The fourth-order valence-corrected chi connectivity index (χ4v) is 3.77. The summed E-state index contributed by atoms with van der Waals surface area (Å²) in [7, 11) is 0. The molecule has 1 aliphatic rings. The second-order valence-corrected chi connectivity index (χ2v) is 8.58. The highest BCUT2D eigenvalue weighted by Crippen LogP contribution is 2.33. The number of carboxylic acid groups (broad SMARTS) is 1. The van der Waals surface area contributed by atoms with Crippen molar-refractivity contribution in [2.45, 2.75) is 74.8 Å². The Balaban J connectivity index is 2.60. The van der Waals surface area contributed by atoms with E-state index in [4.69, 9.17) is 31.5 Å². The number of rotatable bonds is 18. The summed E-state index contributed by atoms with van der Waals surface area (Å²) in [6.45, 7) is -0.533. The van der Waals surface area contributed by atoms with Crippen LogP contribution < -0.4 is 16.4 Å². The third kappa shape index (κ3) is 10.9. The Hall–Kier alpha value is -2.35. The van der Waals surface area contributed by atoms with Crippen molar-refractivity contribution in [3.8, 4) is 12.3 Å². The van der Waals surface area contributed by atoms with Crippen LogP contribution in [-0.2, 0) is 28.6 Å². The molecule has 1 saturated heterocycles. The van der Waals surface area contributed by atoms with Gasteiger partial charge in [0, 0.05) is 25.9 Å². The molecular formula is C23H39N3O11. The molecule has 0 unspecified atom stereocenters. The molecular weight excluding hydrogens is 494 g/mol. The van der Waals surface area contributed by atoms with E-state index < -0.39 is 67.7 Å². The van der Waals surface area contributed by atoms with E-state index in [0.717, 1.165) is 0 Å². The molecule has 2 amide bonds. The third-order valence-corrected chi connectivity index (χ3v) is 5.73. The molecule has 0 bridgehead atoms. The maximum absolute atomic E-state index is 12.1. The van der Waals surface area contributed by atoms with E-state index >= 15 is 0 Å². The van der Waals surface area contributed by atoms with Gasteiger partial charge in [-0.05, 0) is 12.8 Å². The van der Waals surface area contributed by atoms with E-state index in [9.17, 15) is 34.8 Å². The number of amides is 2. The Bertz CT molecular complexity index is 763. The number of hydrogen-bond acceptors (Lipinski definition) is 11. The van der Waals surface area contributed by atoms with Gasteiger partial charge in [0.15, 0.2) is 0 Å². The van der Waals surface area contributed by atoms with Crippen molar-refractivity contribution < 1.29 is 54.1 Å². The van der Waals surface area contributed by atoms with E-state index in [1.807, 2.05) is 0 Å². The number of unbranched alkanes of at least 4 members (excludes halogenated alkanes) is 3. The third-order valence-electron chi connectivity index (χ3n) is 5.73. The molecule has 1 aliphatic heterocycles. The second-order valence-electron chi connectivity index (χ2n) is 8.58. The first-order valence-corrected chi connectivity index (χ1v) is 12.1. The van der Waals surface area contributed by atoms with Crippen LogP contribution in [0.3, 0.4) is 0 Å². The van der Waals surface area contributed by atoms with Crippen molar-refractivity contribution in [2.75, 3.05) is 39.5 Å². The zero-order chi connectivity index (χ0) is 27.8. The number of aliphatic hydroxyl groups is 4. The Kier molecular flexibility index (Phi) is 15.2. The molecule has 14 heteroatoms. The van der Waals surface area contributed by atoms with Crippen LogP contribution in [0.15, 0.2) is 0 Å². The van der Waals surface area contributed by atoms with E-state index in [1.54, 1.807) is 0 Å². The number of carbonyl (C=O) groups excluding carboxylic acids is 2. The molecule has 0 aromatic carbocycles. The predicted octanol–water partition coefficient (Wildman–Crippen LogP) is -3.19. The van der Waals surface area contributed by atoms with Gasteiger partial charge in [-0.1, -0.05) is 18.8 Å². The smallest absolute Gasteiger partial charge is 0.364 e. The average Bonchev–Trinajstić information content (AvgIpc) is 2.88. The van der Waals surface area contributed by atoms with Gasteiger partial charge in [-0.15, -0.1) is 6.42 Å². The quantitative estimate of drug-likeness (QED) is 0.0643. The number of carboxylic acids is 1. The summed E-state index contributed by atoms with van der Waals surface area (Å²) in [6.07, 6.45) is 0.594. The van der Waals surface area contributed by atoms with Gasteiger partial charge < -0.3 is 56.1 Å². The Morgan fingerprint density at radius 1 is 1.16 bits per heavy atom. The fraction of sp³-hybridized carbons (Fsp3) is 0.783. The van der Waals surface area contributed by atoms with Gasteiger partial charge in [-0.25, -0.2) is 4.79 Å². The van der Waals surface area contributed by atoms with Crippen LogP contribution in [-0.4, -0.2) is 119 Å². The molecule has 6 atom stereocenters. The van der Waals surface area contributed by atoms with Gasteiger partial charge in [-0.3, -0.25) is 9.59 Å². The molecule has 0 aromatic heterocycles. The maximum atomic E-state index is 12.1. The number of nitrogens with two attached hydrogens (primary N) is 1. The van der Waals surface area contributed by atoms with Crippen LogP contribution in [0.4, 0.5) is 0 Å². The van der Waals surface area contributed by atoms with Crippen LogP contribution in [0.1, 0.15) is 38.5 Å². The fourth-order valence-electron chi connectivity index (χ4n) is 3.77. The number of ether oxygens (including phenoxy) is 3. The van der Waals surface area contributed by atoms with E-state index in [1.165, 1.54) is 0 Å². The molecule has 1 fully saturated rings. The lowest BCUT2D eigenvalue weighted by Gasteiger charge is -2.46. The van der Waals surface area contributed by atoms with Crippen LogP contribution in [0, 0.1) is 12.3 Å². The first kappa shape index (κ1) is 32.7. The lowest BCUT2D eigenvalue weighted by Crippen LogP contribution is -2.68. The normalized spacial score (nSPS) is 25.0.